The van der Waals surface area contributed by atoms with Crippen LogP contribution in [0.25, 0.3) is 11.0 Å². The van der Waals surface area contributed by atoms with Crippen LogP contribution < -0.4 is 4.90 Å². The van der Waals surface area contributed by atoms with Crippen LogP contribution in [-0.2, 0) is 11.2 Å². The highest BCUT2D eigenvalue weighted by molar-refractivity contribution is 5.79. The number of hydrogen-bond donors (Lipinski definition) is 0. The minimum atomic E-state index is -4.42. The molecule has 0 amide bonds. The van der Waals surface area contributed by atoms with Gasteiger partial charge in [0, 0.05) is 42.8 Å². The summed E-state index contributed by atoms with van der Waals surface area (Å²) < 4.78 is 44.8. The first-order valence-electron chi connectivity index (χ1n) is 10.4. The van der Waals surface area contributed by atoms with Crippen molar-refractivity contribution in [3.05, 3.63) is 65.4 Å². The average molecular weight is 443 g/mol. The summed E-state index contributed by atoms with van der Waals surface area (Å²) in [4.78, 5) is 20.0. The summed E-state index contributed by atoms with van der Waals surface area (Å²) in [5.74, 6) is 0.657. The summed E-state index contributed by atoms with van der Waals surface area (Å²) in [5.41, 5.74) is 3.50. The number of anilines is 1. The molecule has 3 aromatic rings. The molecule has 9 heteroatoms. The molecule has 0 aliphatic carbocycles. The fourth-order valence-electron chi connectivity index (χ4n) is 3.74. The van der Waals surface area contributed by atoms with E-state index in [0.29, 0.717) is 42.2 Å². The summed E-state index contributed by atoms with van der Waals surface area (Å²) >= 11 is 0. The zero-order valence-electron chi connectivity index (χ0n) is 18.0. The van der Waals surface area contributed by atoms with Crippen molar-refractivity contribution in [3.63, 3.8) is 0 Å². The zero-order chi connectivity index (χ0) is 22.9. The van der Waals surface area contributed by atoms with Gasteiger partial charge in [0.1, 0.15) is 17.4 Å². The molecule has 0 N–H and O–H groups in total. The number of aromatic nitrogens is 4. The molecule has 1 fully saturated rings. The normalized spacial score (nSPS) is 17.0. The molecule has 0 spiro atoms. The molecule has 4 rings (SSSR count). The molecular weight excluding hydrogens is 419 g/mol. The van der Waals surface area contributed by atoms with E-state index in [1.165, 1.54) is 0 Å². The molecule has 0 radical (unpaired) electrons. The fourth-order valence-corrected chi connectivity index (χ4v) is 3.74. The minimum Gasteiger partial charge on any atom is -0.370 e. The van der Waals surface area contributed by atoms with Crippen molar-refractivity contribution in [3.8, 4) is 0 Å². The van der Waals surface area contributed by atoms with Gasteiger partial charge in [-0.15, -0.1) is 0 Å². The van der Waals surface area contributed by atoms with Crippen molar-refractivity contribution < 1.29 is 17.9 Å². The molecule has 4 heterocycles. The third-order valence-corrected chi connectivity index (χ3v) is 5.46. The van der Waals surface area contributed by atoms with Gasteiger partial charge in [-0.1, -0.05) is 6.58 Å². The van der Waals surface area contributed by atoms with E-state index in [2.05, 4.69) is 26.4 Å². The Balaban J connectivity index is 1.65. The molecule has 0 aromatic carbocycles. The number of halogens is 3. The van der Waals surface area contributed by atoms with Gasteiger partial charge in [0.2, 0.25) is 0 Å². The van der Waals surface area contributed by atoms with E-state index in [4.69, 9.17) is 9.72 Å². The van der Waals surface area contributed by atoms with Crippen molar-refractivity contribution in [2.24, 2.45) is 0 Å². The lowest BCUT2D eigenvalue weighted by Gasteiger charge is -2.34. The Hall–Kier alpha value is -3.07. The number of fused-ring (bicyclic) bond motifs is 1. The van der Waals surface area contributed by atoms with Crippen LogP contribution in [0.2, 0.25) is 0 Å². The van der Waals surface area contributed by atoms with E-state index in [1.54, 1.807) is 12.4 Å². The second-order valence-corrected chi connectivity index (χ2v) is 7.94. The SMILES string of the molecule is C=C(CCc1nc(N2CCOC(c3ccnc(C)c3)C2)cc2nc(C)cnc12)C(F)(F)F. The number of alkyl halides is 3. The van der Waals surface area contributed by atoms with Crippen molar-refractivity contribution in [1.82, 2.24) is 19.9 Å². The van der Waals surface area contributed by atoms with Crippen LogP contribution in [0.5, 0.6) is 0 Å². The number of hydrogen-bond acceptors (Lipinski definition) is 6. The number of ether oxygens (including phenoxy) is 1. The van der Waals surface area contributed by atoms with Gasteiger partial charge in [0.15, 0.2) is 0 Å². The van der Waals surface area contributed by atoms with Crippen LogP contribution in [0.15, 0.2) is 42.7 Å². The monoisotopic (exact) mass is 443 g/mol. The molecule has 32 heavy (non-hydrogen) atoms. The summed E-state index contributed by atoms with van der Waals surface area (Å²) in [6, 6.07) is 5.76. The fraction of sp³-hybridized carbons (Fsp3) is 0.391. The highest BCUT2D eigenvalue weighted by atomic mass is 19.4. The van der Waals surface area contributed by atoms with Gasteiger partial charge in [-0.05, 0) is 44.4 Å². The molecule has 168 valence electrons. The van der Waals surface area contributed by atoms with E-state index in [9.17, 15) is 13.2 Å². The molecule has 6 nitrogen and oxygen atoms in total. The van der Waals surface area contributed by atoms with Crippen LogP contribution in [-0.4, -0.2) is 45.8 Å². The maximum Gasteiger partial charge on any atom is 0.412 e. The van der Waals surface area contributed by atoms with Gasteiger partial charge < -0.3 is 9.64 Å². The Morgan fingerprint density at radius 3 is 2.75 bits per heavy atom. The highest BCUT2D eigenvalue weighted by Crippen LogP contribution is 2.30. The zero-order valence-corrected chi connectivity index (χ0v) is 18.0. The van der Waals surface area contributed by atoms with Crippen LogP contribution in [0.1, 0.15) is 35.2 Å². The topological polar surface area (TPSA) is 64.0 Å². The molecule has 0 bridgehead atoms. The number of pyridine rings is 2. The first kappa shape index (κ1) is 22.1. The molecular formula is C23H24F3N5O. The van der Waals surface area contributed by atoms with Crippen LogP contribution in [0.3, 0.4) is 0 Å². The number of rotatable bonds is 5. The summed E-state index contributed by atoms with van der Waals surface area (Å²) in [6.07, 6.45) is -1.38. The van der Waals surface area contributed by atoms with E-state index >= 15 is 0 Å². The minimum absolute atomic E-state index is 0.0811. The maximum atomic E-state index is 12.9. The number of morpholine rings is 1. The Kier molecular flexibility index (Phi) is 6.10. The van der Waals surface area contributed by atoms with Gasteiger partial charge in [0.05, 0.1) is 23.5 Å². The van der Waals surface area contributed by atoms with E-state index in [-0.39, 0.29) is 18.9 Å². The third-order valence-electron chi connectivity index (χ3n) is 5.46. The molecule has 1 atom stereocenters. The Labute approximate surface area is 184 Å². The van der Waals surface area contributed by atoms with Crippen LogP contribution >= 0.6 is 0 Å². The van der Waals surface area contributed by atoms with E-state index in [0.717, 1.165) is 17.0 Å². The van der Waals surface area contributed by atoms with Crippen molar-refractivity contribution in [2.45, 2.75) is 39.0 Å². The van der Waals surface area contributed by atoms with Crippen LogP contribution in [0.4, 0.5) is 19.0 Å². The van der Waals surface area contributed by atoms with Gasteiger partial charge in [0.25, 0.3) is 0 Å². The molecule has 1 saturated heterocycles. The number of aryl methyl sites for hydroxylation is 3. The predicted molar refractivity (Wildman–Crippen MR) is 115 cm³/mol. The second kappa shape index (κ2) is 8.82. The molecule has 1 aliphatic heterocycles. The molecule has 1 aliphatic rings. The first-order valence-corrected chi connectivity index (χ1v) is 10.4. The van der Waals surface area contributed by atoms with Gasteiger partial charge in [-0.2, -0.15) is 13.2 Å². The number of allylic oxidation sites excluding steroid dienone is 1. The average Bonchev–Trinajstić information content (AvgIpc) is 2.76. The van der Waals surface area contributed by atoms with Gasteiger partial charge in [-0.3, -0.25) is 9.97 Å². The molecule has 1 unspecified atom stereocenters. The second-order valence-electron chi connectivity index (χ2n) is 7.94. The summed E-state index contributed by atoms with van der Waals surface area (Å²) in [7, 11) is 0. The lowest BCUT2D eigenvalue weighted by Crippen LogP contribution is -2.39. The summed E-state index contributed by atoms with van der Waals surface area (Å²) in [5, 5.41) is 0. The Morgan fingerprint density at radius 1 is 1.19 bits per heavy atom. The van der Waals surface area contributed by atoms with E-state index < -0.39 is 11.7 Å². The maximum absolute atomic E-state index is 12.9. The predicted octanol–water partition coefficient (Wildman–Crippen LogP) is 4.67. The molecule has 0 saturated carbocycles. The smallest absolute Gasteiger partial charge is 0.370 e. The lowest BCUT2D eigenvalue weighted by molar-refractivity contribution is -0.0935. The van der Waals surface area contributed by atoms with Crippen LogP contribution in [0, 0.1) is 13.8 Å². The van der Waals surface area contributed by atoms with Gasteiger partial charge in [-0.25, -0.2) is 9.97 Å². The lowest BCUT2D eigenvalue weighted by atomic mass is 10.1. The van der Waals surface area contributed by atoms with E-state index in [1.807, 2.05) is 32.0 Å². The van der Waals surface area contributed by atoms with Crippen molar-refractivity contribution in [1.29, 1.82) is 0 Å². The standard InChI is InChI=1S/C23H24F3N5O/c1-14(23(24,25)26)4-5-18-22-19(29-16(3)12-28-22)11-21(30-18)31-8-9-32-20(13-31)17-6-7-27-15(2)10-17/h6-7,10-12,20H,1,4-5,8-9,13H2,2-3H3. The summed E-state index contributed by atoms with van der Waals surface area (Å²) in [6.45, 7) is 8.62. The van der Waals surface area contributed by atoms with Crippen molar-refractivity contribution >= 4 is 16.9 Å². The van der Waals surface area contributed by atoms with Gasteiger partial charge >= 0.3 is 6.18 Å². The van der Waals surface area contributed by atoms with Crippen molar-refractivity contribution in [2.75, 3.05) is 24.6 Å². The quantitative estimate of drug-likeness (QED) is 0.534. The molecule has 3 aromatic heterocycles. The number of nitrogens with zero attached hydrogens (tertiary/aromatic N) is 5. The Bertz CT molecular complexity index is 1150. The largest absolute Gasteiger partial charge is 0.412 e. The third kappa shape index (κ3) is 4.88. The Morgan fingerprint density at radius 2 is 2.00 bits per heavy atom. The first-order chi connectivity index (χ1) is 15.2. The highest BCUT2D eigenvalue weighted by Gasteiger charge is 2.31.